The summed E-state index contributed by atoms with van der Waals surface area (Å²) in [7, 11) is 0. The highest BCUT2D eigenvalue weighted by atomic mass is 79.9. The monoisotopic (exact) mass is 326 g/mol. The van der Waals surface area contributed by atoms with Gasteiger partial charge < -0.3 is 0 Å². The summed E-state index contributed by atoms with van der Waals surface area (Å²) < 4.78 is 1.20. The maximum absolute atomic E-state index is 3.72. The van der Waals surface area contributed by atoms with Crippen molar-refractivity contribution in [3.63, 3.8) is 0 Å². The third kappa shape index (κ3) is 1.24. The third-order valence-electron chi connectivity index (χ3n) is 5.33. The van der Waals surface area contributed by atoms with Gasteiger partial charge in [0.05, 0.1) is 0 Å². The van der Waals surface area contributed by atoms with Crippen molar-refractivity contribution < 1.29 is 0 Å². The molecule has 2 aliphatic rings. The molecule has 0 N–H and O–H groups in total. The van der Waals surface area contributed by atoms with E-state index in [4.69, 9.17) is 0 Å². The van der Waals surface area contributed by atoms with E-state index in [0.717, 1.165) is 0 Å². The fraction of sp³-hybridized carbons (Fsp3) is 0.368. The first-order chi connectivity index (χ1) is 9.24. The Balaban J connectivity index is 2.26. The smallest absolute Gasteiger partial charge is 0.0181 e. The second-order valence-corrected chi connectivity index (χ2v) is 8.28. The highest BCUT2D eigenvalue weighted by Gasteiger charge is 2.47. The van der Waals surface area contributed by atoms with Crippen molar-refractivity contribution >= 4 is 15.9 Å². The Kier molecular flexibility index (Phi) is 2.14. The van der Waals surface area contributed by atoms with E-state index in [2.05, 4.69) is 74.8 Å². The zero-order valence-electron chi connectivity index (χ0n) is 12.7. The molecule has 0 bridgehead atoms. The van der Waals surface area contributed by atoms with Crippen LogP contribution in [0.4, 0.5) is 0 Å². The Hall–Kier alpha value is -1.08. The van der Waals surface area contributed by atoms with Gasteiger partial charge in [-0.25, -0.2) is 0 Å². The lowest BCUT2D eigenvalue weighted by Gasteiger charge is -2.29. The highest BCUT2D eigenvalue weighted by molar-refractivity contribution is 9.10. The number of rotatable bonds is 0. The van der Waals surface area contributed by atoms with Crippen LogP contribution in [0.25, 0.3) is 11.1 Å². The van der Waals surface area contributed by atoms with E-state index in [-0.39, 0.29) is 10.8 Å². The maximum Gasteiger partial charge on any atom is 0.0181 e. The van der Waals surface area contributed by atoms with E-state index in [1.807, 2.05) is 0 Å². The SMILES string of the molecule is Cc1cc2c3c(c1)C(C)(C)c1cc(Br)cc(c1-3)C2(C)C. The van der Waals surface area contributed by atoms with Gasteiger partial charge in [0.2, 0.25) is 0 Å². The fourth-order valence-electron chi connectivity index (χ4n) is 4.19. The van der Waals surface area contributed by atoms with Crippen molar-refractivity contribution in [2.45, 2.75) is 45.4 Å². The summed E-state index contributed by atoms with van der Waals surface area (Å²) in [6.07, 6.45) is 0. The zero-order chi connectivity index (χ0) is 14.4. The normalized spacial score (nSPS) is 19.3. The van der Waals surface area contributed by atoms with Crippen LogP contribution in [0.2, 0.25) is 0 Å². The molecule has 0 unspecified atom stereocenters. The first kappa shape index (κ1) is 12.6. The third-order valence-corrected chi connectivity index (χ3v) is 5.79. The van der Waals surface area contributed by atoms with Crippen molar-refractivity contribution in [1.82, 2.24) is 0 Å². The lowest BCUT2D eigenvalue weighted by molar-refractivity contribution is 0.628. The van der Waals surface area contributed by atoms with Crippen LogP contribution in [0.3, 0.4) is 0 Å². The van der Waals surface area contributed by atoms with Gasteiger partial charge in [-0.3, -0.25) is 0 Å². The molecule has 0 nitrogen and oxygen atoms in total. The summed E-state index contributed by atoms with van der Waals surface area (Å²) >= 11 is 3.72. The first-order valence-corrected chi connectivity index (χ1v) is 8.04. The lowest BCUT2D eigenvalue weighted by atomic mass is 9.74. The average Bonchev–Trinajstić information content (AvgIpc) is 2.69. The number of halogens is 1. The molecule has 102 valence electrons. The fourth-order valence-corrected chi connectivity index (χ4v) is 4.65. The summed E-state index contributed by atoms with van der Waals surface area (Å²) in [5, 5.41) is 0. The van der Waals surface area contributed by atoms with E-state index in [0.29, 0.717) is 0 Å². The van der Waals surface area contributed by atoms with Gasteiger partial charge in [-0.05, 0) is 52.4 Å². The molecule has 0 atom stereocenters. The summed E-state index contributed by atoms with van der Waals surface area (Å²) in [4.78, 5) is 0. The number of benzene rings is 2. The van der Waals surface area contributed by atoms with Crippen LogP contribution in [-0.4, -0.2) is 0 Å². The Morgan fingerprint density at radius 3 is 1.45 bits per heavy atom. The number of hydrogen-bond donors (Lipinski definition) is 0. The number of aryl methyl sites for hydroxylation is 1. The standard InChI is InChI=1S/C19H19Br/c1-10-6-12-16-13(7-10)19(4,5)15-9-11(20)8-14(17(15)16)18(12,2)3/h6-9H,1-5H3. The van der Waals surface area contributed by atoms with Gasteiger partial charge in [-0.15, -0.1) is 0 Å². The molecule has 0 fully saturated rings. The van der Waals surface area contributed by atoms with E-state index in [9.17, 15) is 0 Å². The molecule has 4 rings (SSSR count). The largest absolute Gasteiger partial charge is 0.0546 e. The van der Waals surface area contributed by atoms with Gasteiger partial charge in [-0.1, -0.05) is 61.3 Å². The van der Waals surface area contributed by atoms with Gasteiger partial charge >= 0.3 is 0 Å². The molecule has 0 saturated carbocycles. The molecule has 20 heavy (non-hydrogen) atoms. The van der Waals surface area contributed by atoms with Gasteiger partial charge in [-0.2, -0.15) is 0 Å². The van der Waals surface area contributed by atoms with E-state index in [1.54, 1.807) is 0 Å². The summed E-state index contributed by atoms with van der Waals surface area (Å²) in [5.74, 6) is 0. The van der Waals surface area contributed by atoms with Crippen LogP contribution in [0.15, 0.2) is 28.7 Å². The minimum Gasteiger partial charge on any atom is -0.0546 e. The Bertz CT molecular complexity index is 657. The van der Waals surface area contributed by atoms with Crippen molar-refractivity contribution in [1.29, 1.82) is 0 Å². The maximum atomic E-state index is 3.72. The van der Waals surface area contributed by atoms with Crippen LogP contribution in [0.5, 0.6) is 0 Å². The highest BCUT2D eigenvalue weighted by Crippen LogP contribution is 2.61. The first-order valence-electron chi connectivity index (χ1n) is 7.25. The average molecular weight is 327 g/mol. The molecule has 0 radical (unpaired) electrons. The van der Waals surface area contributed by atoms with E-state index < -0.39 is 0 Å². The molecule has 0 heterocycles. The van der Waals surface area contributed by atoms with Crippen LogP contribution >= 0.6 is 15.9 Å². The molecule has 0 aromatic heterocycles. The minimum absolute atomic E-state index is 0.112. The van der Waals surface area contributed by atoms with Crippen LogP contribution in [-0.2, 0) is 10.8 Å². The predicted octanol–water partition coefficient (Wildman–Crippen LogP) is 5.70. The Morgan fingerprint density at radius 2 is 1.05 bits per heavy atom. The van der Waals surface area contributed by atoms with Gasteiger partial charge in [0.25, 0.3) is 0 Å². The molecular weight excluding hydrogens is 308 g/mol. The second kappa shape index (κ2) is 3.39. The molecule has 0 amide bonds. The summed E-state index contributed by atoms with van der Waals surface area (Å²) in [6, 6.07) is 9.41. The van der Waals surface area contributed by atoms with Crippen molar-refractivity contribution in [3.8, 4) is 11.1 Å². The minimum atomic E-state index is 0.112. The van der Waals surface area contributed by atoms with Crippen molar-refractivity contribution in [3.05, 3.63) is 56.6 Å². The quantitative estimate of drug-likeness (QED) is 0.582. The molecule has 1 heteroatoms. The number of hydrogen-bond acceptors (Lipinski definition) is 0. The van der Waals surface area contributed by atoms with Crippen LogP contribution < -0.4 is 0 Å². The molecule has 0 aliphatic heterocycles. The lowest BCUT2D eigenvalue weighted by Crippen LogP contribution is -2.21. The Morgan fingerprint density at radius 1 is 0.700 bits per heavy atom. The van der Waals surface area contributed by atoms with Gasteiger partial charge in [0, 0.05) is 15.3 Å². The van der Waals surface area contributed by atoms with E-state index >= 15 is 0 Å². The van der Waals surface area contributed by atoms with Crippen molar-refractivity contribution in [2.24, 2.45) is 0 Å². The van der Waals surface area contributed by atoms with Gasteiger partial charge in [0.15, 0.2) is 0 Å². The molecule has 0 spiro atoms. The van der Waals surface area contributed by atoms with Crippen LogP contribution in [0, 0.1) is 6.92 Å². The second-order valence-electron chi connectivity index (χ2n) is 7.36. The van der Waals surface area contributed by atoms with Crippen molar-refractivity contribution in [2.75, 3.05) is 0 Å². The molecular formula is C19H19Br. The molecule has 2 aliphatic carbocycles. The summed E-state index contributed by atoms with van der Waals surface area (Å²) in [5.41, 5.74) is 10.6. The van der Waals surface area contributed by atoms with Gasteiger partial charge in [0.1, 0.15) is 0 Å². The van der Waals surface area contributed by atoms with Crippen LogP contribution in [0.1, 0.15) is 55.5 Å². The predicted molar refractivity (Wildman–Crippen MR) is 88.6 cm³/mol. The zero-order valence-corrected chi connectivity index (χ0v) is 14.3. The molecule has 2 aromatic rings. The van der Waals surface area contributed by atoms with E-state index in [1.165, 1.54) is 43.4 Å². The molecule has 0 saturated heterocycles. The molecule has 2 aromatic carbocycles. The Labute approximate surface area is 129 Å². The summed E-state index contributed by atoms with van der Waals surface area (Å²) in [6.45, 7) is 11.6. The topological polar surface area (TPSA) is 0 Å².